The third kappa shape index (κ3) is 4.27. The molecular formula is C13H16BrN5O2. The number of ether oxygens (including phenoxy) is 2. The molecule has 0 aliphatic rings. The van der Waals surface area contributed by atoms with Crippen LogP contribution < -0.4 is 20.7 Å². The predicted octanol–water partition coefficient (Wildman–Crippen LogP) is 2.81. The molecule has 0 atom stereocenters. The van der Waals surface area contributed by atoms with Gasteiger partial charge in [0.2, 0.25) is 5.95 Å². The molecular weight excluding hydrogens is 338 g/mol. The molecule has 2 rings (SSSR count). The number of rotatable bonds is 5. The fourth-order valence-corrected chi connectivity index (χ4v) is 1.83. The van der Waals surface area contributed by atoms with E-state index in [2.05, 4.69) is 36.3 Å². The molecule has 0 saturated carbocycles. The third-order valence-corrected chi connectivity index (χ3v) is 2.91. The first-order chi connectivity index (χ1) is 9.97. The van der Waals surface area contributed by atoms with Gasteiger partial charge in [-0.3, -0.25) is 5.43 Å². The van der Waals surface area contributed by atoms with E-state index in [1.54, 1.807) is 0 Å². The number of halogens is 1. The molecule has 0 bridgehead atoms. The molecule has 8 heteroatoms. The Hall–Kier alpha value is -1.93. The molecule has 0 spiro atoms. The minimum Gasteiger partial charge on any atom is -0.461 e. The van der Waals surface area contributed by atoms with Gasteiger partial charge in [-0.1, -0.05) is 22.0 Å². The lowest BCUT2D eigenvalue weighted by Gasteiger charge is -2.11. The summed E-state index contributed by atoms with van der Waals surface area (Å²) in [7, 11) is 0. The predicted molar refractivity (Wildman–Crippen MR) is 82.4 cm³/mol. The smallest absolute Gasteiger partial charge is 0.330 e. The average molecular weight is 354 g/mol. The van der Waals surface area contributed by atoms with Crippen molar-refractivity contribution < 1.29 is 9.47 Å². The number of aryl methyl sites for hydroxylation is 1. The van der Waals surface area contributed by atoms with Crippen molar-refractivity contribution in [2.45, 2.75) is 26.9 Å². The zero-order chi connectivity index (χ0) is 15.4. The highest BCUT2D eigenvalue weighted by Crippen LogP contribution is 2.27. The second-order valence-corrected chi connectivity index (χ2v) is 5.46. The maximum atomic E-state index is 5.69. The van der Waals surface area contributed by atoms with Gasteiger partial charge in [-0.15, -0.1) is 4.98 Å². The molecule has 0 radical (unpaired) electrons. The zero-order valence-corrected chi connectivity index (χ0v) is 13.5. The lowest BCUT2D eigenvalue weighted by molar-refractivity contribution is 0.218. The van der Waals surface area contributed by atoms with Crippen molar-refractivity contribution in [1.82, 2.24) is 15.0 Å². The van der Waals surface area contributed by atoms with Crippen LogP contribution in [0.15, 0.2) is 22.7 Å². The monoisotopic (exact) mass is 353 g/mol. The topological polar surface area (TPSA) is 95.2 Å². The van der Waals surface area contributed by atoms with Crippen LogP contribution >= 0.6 is 15.9 Å². The second kappa shape index (κ2) is 6.68. The van der Waals surface area contributed by atoms with Gasteiger partial charge in [0.15, 0.2) is 0 Å². The molecule has 0 aliphatic carbocycles. The van der Waals surface area contributed by atoms with Gasteiger partial charge in [-0.25, -0.2) is 5.84 Å². The number of nitrogen functional groups attached to an aromatic ring is 1. The molecule has 0 aliphatic heterocycles. The van der Waals surface area contributed by atoms with Crippen LogP contribution in [0.4, 0.5) is 5.95 Å². The summed E-state index contributed by atoms with van der Waals surface area (Å²) in [6, 6.07) is 5.94. The molecule has 3 N–H and O–H groups in total. The lowest BCUT2D eigenvalue weighted by Crippen LogP contribution is -2.15. The van der Waals surface area contributed by atoms with Crippen LogP contribution in [0, 0.1) is 6.92 Å². The summed E-state index contributed by atoms with van der Waals surface area (Å²) in [5.74, 6) is 6.15. The van der Waals surface area contributed by atoms with Crippen LogP contribution in [-0.2, 0) is 0 Å². The SMILES string of the molecule is Cc1ccc(Br)cc1Oc1nc(NN)nc(OC(C)C)n1. The van der Waals surface area contributed by atoms with E-state index in [1.807, 2.05) is 39.0 Å². The third-order valence-electron chi connectivity index (χ3n) is 2.42. The minimum absolute atomic E-state index is 0.0709. The van der Waals surface area contributed by atoms with Gasteiger partial charge in [0.25, 0.3) is 0 Å². The minimum atomic E-state index is -0.0709. The first kappa shape index (κ1) is 15.5. The van der Waals surface area contributed by atoms with Crippen LogP contribution in [0.1, 0.15) is 19.4 Å². The highest BCUT2D eigenvalue weighted by Gasteiger charge is 2.11. The van der Waals surface area contributed by atoms with E-state index in [0.29, 0.717) is 5.75 Å². The number of hydrogen-bond donors (Lipinski definition) is 2. The standard InChI is InChI=1S/C13H16BrN5O2/c1-7(2)20-12-16-11(19-15)17-13(18-12)21-10-6-9(14)5-4-8(10)3/h4-7H,15H2,1-3H3,(H,16,17,18,19). The van der Waals surface area contributed by atoms with Crippen molar-refractivity contribution in [3.8, 4) is 17.8 Å². The number of benzene rings is 1. The molecule has 0 unspecified atom stereocenters. The van der Waals surface area contributed by atoms with E-state index in [9.17, 15) is 0 Å². The Bertz CT molecular complexity index is 636. The highest BCUT2D eigenvalue weighted by atomic mass is 79.9. The van der Waals surface area contributed by atoms with Crippen molar-refractivity contribution in [3.63, 3.8) is 0 Å². The Labute approximate surface area is 131 Å². The normalized spacial score (nSPS) is 10.6. The molecule has 0 amide bonds. The van der Waals surface area contributed by atoms with E-state index in [-0.39, 0.29) is 24.1 Å². The van der Waals surface area contributed by atoms with Gasteiger partial charge in [-0.05, 0) is 38.5 Å². The molecule has 112 valence electrons. The van der Waals surface area contributed by atoms with E-state index in [1.165, 1.54) is 0 Å². The largest absolute Gasteiger partial charge is 0.461 e. The Morgan fingerprint density at radius 3 is 2.57 bits per heavy atom. The maximum absolute atomic E-state index is 5.69. The number of nitrogens with one attached hydrogen (secondary N) is 1. The van der Waals surface area contributed by atoms with Crippen LogP contribution in [0.3, 0.4) is 0 Å². The summed E-state index contributed by atoms with van der Waals surface area (Å²) in [5.41, 5.74) is 3.31. The van der Waals surface area contributed by atoms with E-state index >= 15 is 0 Å². The number of aromatic nitrogens is 3. The van der Waals surface area contributed by atoms with Crippen LogP contribution in [0.5, 0.6) is 17.8 Å². The lowest BCUT2D eigenvalue weighted by atomic mass is 10.2. The van der Waals surface area contributed by atoms with Gasteiger partial charge in [0.05, 0.1) is 6.10 Å². The van der Waals surface area contributed by atoms with Gasteiger partial charge in [-0.2, -0.15) is 9.97 Å². The molecule has 21 heavy (non-hydrogen) atoms. The molecule has 1 aromatic carbocycles. The quantitative estimate of drug-likeness (QED) is 0.630. The number of nitrogens with two attached hydrogens (primary N) is 1. The average Bonchev–Trinajstić information content (AvgIpc) is 2.42. The summed E-state index contributed by atoms with van der Waals surface area (Å²) < 4.78 is 12.0. The molecule has 2 aromatic rings. The van der Waals surface area contributed by atoms with Crippen LogP contribution in [-0.4, -0.2) is 21.1 Å². The van der Waals surface area contributed by atoms with Gasteiger partial charge in [0.1, 0.15) is 5.75 Å². The summed E-state index contributed by atoms with van der Waals surface area (Å²) >= 11 is 3.39. The van der Waals surface area contributed by atoms with Crippen molar-refractivity contribution >= 4 is 21.9 Å². The fourth-order valence-electron chi connectivity index (χ4n) is 1.49. The summed E-state index contributed by atoms with van der Waals surface area (Å²) in [4.78, 5) is 12.2. The van der Waals surface area contributed by atoms with E-state index < -0.39 is 0 Å². The fraction of sp³-hybridized carbons (Fsp3) is 0.308. The second-order valence-electron chi connectivity index (χ2n) is 4.55. The number of hydrazine groups is 1. The number of nitrogens with zero attached hydrogens (tertiary/aromatic N) is 3. The molecule has 7 nitrogen and oxygen atoms in total. The molecule has 0 fully saturated rings. The van der Waals surface area contributed by atoms with Gasteiger partial charge >= 0.3 is 12.0 Å². The van der Waals surface area contributed by atoms with E-state index in [4.69, 9.17) is 15.3 Å². The Kier molecular flexibility index (Phi) is 4.92. The Balaban J connectivity index is 2.32. The first-order valence-electron chi connectivity index (χ1n) is 6.31. The number of hydrogen-bond acceptors (Lipinski definition) is 7. The zero-order valence-electron chi connectivity index (χ0n) is 11.9. The highest BCUT2D eigenvalue weighted by molar-refractivity contribution is 9.10. The summed E-state index contributed by atoms with van der Waals surface area (Å²) in [6.45, 7) is 5.67. The number of anilines is 1. The van der Waals surface area contributed by atoms with Crippen LogP contribution in [0.25, 0.3) is 0 Å². The summed E-state index contributed by atoms with van der Waals surface area (Å²) in [6.07, 6.45) is -0.0709. The Morgan fingerprint density at radius 1 is 1.19 bits per heavy atom. The van der Waals surface area contributed by atoms with E-state index in [0.717, 1.165) is 10.0 Å². The first-order valence-corrected chi connectivity index (χ1v) is 7.10. The molecule has 1 heterocycles. The van der Waals surface area contributed by atoms with Gasteiger partial charge in [0, 0.05) is 4.47 Å². The molecule has 0 saturated heterocycles. The van der Waals surface area contributed by atoms with Crippen molar-refractivity contribution in [2.24, 2.45) is 5.84 Å². The van der Waals surface area contributed by atoms with Gasteiger partial charge < -0.3 is 9.47 Å². The van der Waals surface area contributed by atoms with Crippen molar-refractivity contribution in [3.05, 3.63) is 28.2 Å². The molecule has 1 aromatic heterocycles. The summed E-state index contributed by atoms with van der Waals surface area (Å²) in [5, 5.41) is 0. The Morgan fingerprint density at radius 2 is 1.90 bits per heavy atom. The van der Waals surface area contributed by atoms with Crippen molar-refractivity contribution in [2.75, 3.05) is 5.43 Å². The van der Waals surface area contributed by atoms with Crippen LogP contribution in [0.2, 0.25) is 0 Å². The van der Waals surface area contributed by atoms with Crippen molar-refractivity contribution in [1.29, 1.82) is 0 Å². The maximum Gasteiger partial charge on any atom is 0.330 e.